The van der Waals surface area contributed by atoms with Crippen molar-refractivity contribution in [3.8, 4) is 16.8 Å². The van der Waals surface area contributed by atoms with Gasteiger partial charge in [0.1, 0.15) is 11.2 Å². The maximum atomic E-state index is 6.19. The fraction of sp³-hybridized carbons (Fsp3) is 0.0385. The third-order valence-electron chi connectivity index (χ3n) is 11.3. The molecule has 8 aromatic carbocycles. The van der Waals surface area contributed by atoms with Crippen LogP contribution >= 0.6 is 0 Å². The van der Waals surface area contributed by atoms with Crippen LogP contribution in [-0.2, 0) is 0 Å². The van der Waals surface area contributed by atoms with Crippen molar-refractivity contribution >= 4 is 77.2 Å². The summed E-state index contributed by atoms with van der Waals surface area (Å²) < 4.78 is 8.59. The third-order valence-corrected chi connectivity index (χ3v) is 11.3. The van der Waals surface area contributed by atoms with E-state index in [1.807, 2.05) is 12.1 Å². The van der Waals surface area contributed by atoms with Gasteiger partial charge >= 0.3 is 0 Å². The highest BCUT2D eigenvalue weighted by atomic mass is 16.3. The summed E-state index contributed by atoms with van der Waals surface area (Å²) in [5.74, 6) is 0. The molecule has 0 amide bonds. The van der Waals surface area contributed by atoms with Gasteiger partial charge in [-0.2, -0.15) is 0 Å². The van der Waals surface area contributed by atoms with Crippen LogP contribution in [0.15, 0.2) is 199 Å². The Morgan fingerprint density at radius 2 is 1.25 bits per heavy atom. The molecular formula is C52H36N2O. The molecule has 11 rings (SSSR count). The van der Waals surface area contributed by atoms with Crippen molar-refractivity contribution in [3.63, 3.8) is 0 Å². The SMILES string of the molecule is C1=CCCC(c2ccccc2N(c2ccc(-c3ccc4c(ccc5oc6ccccc6c54)c3)cc2)c2cccc3c2c2ccccc2n3-c2ccccc2)=C1. The van der Waals surface area contributed by atoms with E-state index < -0.39 is 0 Å². The molecule has 2 aromatic heterocycles. The van der Waals surface area contributed by atoms with Crippen LogP contribution in [-0.4, -0.2) is 4.57 Å². The van der Waals surface area contributed by atoms with Gasteiger partial charge in [0, 0.05) is 38.5 Å². The lowest BCUT2D eigenvalue weighted by Crippen LogP contribution is -2.12. The molecule has 1 aliphatic rings. The molecule has 0 aliphatic heterocycles. The van der Waals surface area contributed by atoms with Crippen LogP contribution in [0.2, 0.25) is 0 Å². The average molecular weight is 705 g/mol. The third kappa shape index (κ3) is 5.12. The van der Waals surface area contributed by atoms with Gasteiger partial charge in [0.05, 0.1) is 22.4 Å². The van der Waals surface area contributed by atoms with Crippen LogP contribution in [0, 0.1) is 0 Å². The number of furan rings is 1. The number of hydrogen-bond acceptors (Lipinski definition) is 2. The minimum Gasteiger partial charge on any atom is -0.456 e. The summed E-state index contributed by atoms with van der Waals surface area (Å²) in [5.41, 5.74) is 13.8. The maximum absolute atomic E-state index is 6.19. The van der Waals surface area contributed by atoms with Gasteiger partial charge in [-0.25, -0.2) is 0 Å². The highest BCUT2D eigenvalue weighted by Crippen LogP contribution is 2.46. The number of benzene rings is 8. The molecule has 0 radical (unpaired) electrons. The van der Waals surface area contributed by atoms with Gasteiger partial charge in [-0.3, -0.25) is 0 Å². The Labute approximate surface area is 319 Å². The minimum atomic E-state index is 0.923. The van der Waals surface area contributed by atoms with E-state index in [0.717, 1.165) is 46.5 Å². The molecule has 0 fully saturated rings. The first kappa shape index (κ1) is 31.4. The van der Waals surface area contributed by atoms with E-state index in [9.17, 15) is 0 Å². The van der Waals surface area contributed by atoms with Gasteiger partial charge < -0.3 is 13.9 Å². The Morgan fingerprint density at radius 1 is 0.509 bits per heavy atom. The van der Waals surface area contributed by atoms with E-state index in [0.29, 0.717) is 0 Å². The van der Waals surface area contributed by atoms with Crippen molar-refractivity contribution in [2.75, 3.05) is 4.90 Å². The van der Waals surface area contributed by atoms with Crippen molar-refractivity contribution in [1.82, 2.24) is 4.57 Å². The molecule has 0 bridgehead atoms. The van der Waals surface area contributed by atoms with Crippen LogP contribution < -0.4 is 4.90 Å². The van der Waals surface area contributed by atoms with E-state index >= 15 is 0 Å². The smallest absolute Gasteiger partial charge is 0.136 e. The number of anilines is 3. The lowest BCUT2D eigenvalue weighted by atomic mass is 9.94. The molecule has 10 aromatic rings. The zero-order valence-corrected chi connectivity index (χ0v) is 30.2. The van der Waals surface area contributed by atoms with Gasteiger partial charge in [-0.1, -0.05) is 127 Å². The lowest BCUT2D eigenvalue weighted by Gasteiger charge is -2.29. The molecule has 3 nitrogen and oxygen atoms in total. The van der Waals surface area contributed by atoms with Gasteiger partial charge in [0.25, 0.3) is 0 Å². The molecule has 0 spiro atoms. The summed E-state index contributed by atoms with van der Waals surface area (Å²) in [4.78, 5) is 2.48. The molecular weight excluding hydrogens is 669 g/mol. The molecule has 260 valence electrons. The quantitative estimate of drug-likeness (QED) is 0.172. The van der Waals surface area contributed by atoms with Crippen molar-refractivity contribution in [1.29, 1.82) is 0 Å². The standard InChI is InChI=1S/C52H36N2O/c1-3-14-36(15-4-1)41-18-7-10-21-45(41)54(48-24-13-23-47-52(48)43-19-8-11-22-46(43)53(47)39-16-5-2-6-17-39)40-30-26-35(27-31-40)37-28-32-42-38(34-37)29-33-50-51(42)44-20-9-12-25-49(44)55-50/h1-3,5-14,16-34H,4,15H2. The second kappa shape index (κ2) is 12.8. The highest BCUT2D eigenvalue weighted by molar-refractivity contribution is 6.19. The summed E-state index contributed by atoms with van der Waals surface area (Å²) in [6.45, 7) is 0. The number of hydrogen-bond donors (Lipinski definition) is 0. The number of rotatable bonds is 6. The first-order valence-corrected chi connectivity index (χ1v) is 19.1. The predicted molar refractivity (Wildman–Crippen MR) is 232 cm³/mol. The second-order valence-electron chi connectivity index (χ2n) is 14.4. The normalized spacial score (nSPS) is 13.0. The Morgan fingerprint density at radius 3 is 2.13 bits per heavy atom. The predicted octanol–water partition coefficient (Wildman–Crippen LogP) is 14.7. The van der Waals surface area contributed by atoms with E-state index in [4.69, 9.17) is 4.42 Å². The van der Waals surface area contributed by atoms with Crippen molar-refractivity contribution < 1.29 is 4.42 Å². The lowest BCUT2D eigenvalue weighted by molar-refractivity contribution is 0.669. The number of allylic oxidation sites excluding steroid dienone is 4. The summed E-state index contributed by atoms with van der Waals surface area (Å²) in [6.07, 6.45) is 8.80. The average Bonchev–Trinajstić information content (AvgIpc) is 3.81. The molecule has 0 saturated carbocycles. The molecule has 3 heteroatoms. The largest absolute Gasteiger partial charge is 0.456 e. The zero-order valence-electron chi connectivity index (χ0n) is 30.2. The van der Waals surface area contributed by atoms with Crippen molar-refractivity contribution in [3.05, 3.63) is 200 Å². The highest BCUT2D eigenvalue weighted by Gasteiger charge is 2.23. The van der Waals surface area contributed by atoms with Gasteiger partial charge in [-0.05, 0) is 107 Å². The number of aromatic nitrogens is 1. The van der Waals surface area contributed by atoms with E-state index in [2.05, 4.69) is 191 Å². The summed E-state index contributed by atoms with van der Waals surface area (Å²) in [7, 11) is 0. The first-order chi connectivity index (χ1) is 27.3. The minimum absolute atomic E-state index is 0.923. The van der Waals surface area contributed by atoms with E-state index in [-0.39, 0.29) is 0 Å². The van der Waals surface area contributed by atoms with Crippen LogP contribution in [0.3, 0.4) is 0 Å². The fourth-order valence-electron chi connectivity index (χ4n) is 8.75. The van der Waals surface area contributed by atoms with Crippen LogP contribution in [0.1, 0.15) is 18.4 Å². The van der Waals surface area contributed by atoms with Gasteiger partial charge in [0.15, 0.2) is 0 Å². The van der Waals surface area contributed by atoms with E-state index in [1.54, 1.807) is 0 Å². The topological polar surface area (TPSA) is 21.3 Å². The summed E-state index contributed by atoms with van der Waals surface area (Å²) in [5, 5.41) is 7.20. The first-order valence-electron chi connectivity index (χ1n) is 19.1. The molecule has 55 heavy (non-hydrogen) atoms. The van der Waals surface area contributed by atoms with Crippen LogP contribution in [0.5, 0.6) is 0 Å². The van der Waals surface area contributed by atoms with Crippen molar-refractivity contribution in [2.24, 2.45) is 0 Å². The second-order valence-corrected chi connectivity index (χ2v) is 14.4. The fourth-order valence-corrected chi connectivity index (χ4v) is 8.75. The monoisotopic (exact) mass is 704 g/mol. The summed E-state index contributed by atoms with van der Waals surface area (Å²) >= 11 is 0. The zero-order chi connectivity index (χ0) is 36.3. The molecule has 0 unspecified atom stereocenters. The number of para-hydroxylation sites is 4. The Hall–Kier alpha value is -7.10. The maximum Gasteiger partial charge on any atom is 0.136 e. The Kier molecular flexibility index (Phi) is 7.31. The van der Waals surface area contributed by atoms with Gasteiger partial charge in [0.2, 0.25) is 0 Å². The van der Waals surface area contributed by atoms with E-state index in [1.165, 1.54) is 65.9 Å². The van der Waals surface area contributed by atoms with Gasteiger partial charge in [-0.15, -0.1) is 0 Å². The number of fused-ring (bicyclic) bond motifs is 8. The van der Waals surface area contributed by atoms with Crippen molar-refractivity contribution in [2.45, 2.75) is 12.8 Å². The molecule has 0 atom stereocenters. The number of nitrogens with zero attached hydrogens (tertiary/aromatic N) is 2. The summed E-state index contributed by atoms with van der Waals surface area (Å²) in [6, 6.07) is 63.7. The molecule has 0 saturated heterocycles. The molecule has 0 N–H and O–H groups in total. The molecule has 1 aliphatic carbocycles. The molecule has 2 heterocycles. The Bertz CT molecular complexity index is 3140. The van der Waals surface area contributed by atoms with Crippen LogP contribution in [0.4, 0.5) is 17.1 Å². The Balaban J connectivity index is 1.10. The van der Waals surface area contributed by atoms with Crippen LogP contribution in [0.25, 0.3) is 76.9 Å².